The average molecular weight is 519 g/mol. The van der Waals surface area contributed by atoms with E-state index in [1.54, 1.807) is 13.0 Å². The summed E-state index contributed by atoms with van der Waals surface area (Å²) in [4.78, 5) is 33.4. The van der Waals surface area contributed by atoms with E-state index >= 15 is 0 Å². The van der Waals surface area contributed by atoms with Crippen LogP contribution in [0.5, 0.6) is 11.5 Å². The van der Waals surface area contributed by atoms with Crippen molar-refractivity contribution in [2.45, 2.75) is 31.7 Å². The molecule has 0 spiro atoms. The Morgan fingerprint density at radius 1 is 1.14 bits per heavy atom. The van der Waals surface area contributed by atoms with Gasteiger partial charge in [-0.1, -0.05) is 6.07 Å². The maximum atomic E-state index is 13.9. The molecule has 0 aliphatic carbocycles. The number of benzene rings is 1. The molecule has 3 aromatic rings. The second-order valence-corrected chi connectivity index (χ2v) is 8.68. The summed E-state index contributed by atoms with van der Waals surface area (Å²) in [7, 11) is 0. The normalized spacial score (nSPS) is 17.8. The van der Waals surface area contributed by atoms with E-state index in [2.05, 4.69) is 15.3 Å². The molecule has 1 aliphatic rings. The van der Waals surface area contributed by atoms with Crippen LogP contribution >= 0.6 is 0 Å². The molecular weight excluding hydrogens is 494 g/mol. The molecule has 37 heavy (non-hydrogen) atoms. The summed E-state index contributed by atoms with van der Waals surface area (Å²) >= 11 is 0. The van der Waals surface area contributed by atoms with Crippen molar-refractivity contribution in [1.82, 2.24) is 19.8 Å². The van der Waals surface area contributed by atoms with Crippen molar-refractivity contribution in [1.29, 1.82) is 0 Å². The summed E-state index contributed by atoms with van der Waals surface area (Å²) in [5, 5.41) is 2.62. The van der Waals surface area contributed by atoms with Crippen molar-refractivity contribution in [3.05, 3.63) is 82.7 Å². The summed E-state index contributed by atoms with van der Waals surface area (Å²) in [6.45, 7) is 1.54. The lowest BCUT2D eigenvalue weighted by Crippen LogP contribution is -2.61. The van der Waals surface area contributed by atoms with E-state index in [-0.39, 0.29) is 37.6 Å². The van der Waals surface area contributed by atoms with Crippen LogP contribution in [0.3, 0.4) is 0 Å². The maximum Gasteiger partial charge on any atom is 0.405 e. The van der Waals surface area contributed by atoms with Crippen molar-refractivity contribution < 1.29 is 27.1 Å². The number of hydrogen-bond donors (Lipinski definition) is 2. The van der Waals surface area contributed by atoms with E-state index in [9.17, 15) is 27.2 Å². The molecular formula is C25H25F4N5O3. The zero-order chi connectivity index (χ0) is 26.6. The third-order valence-electron chi connectivity index (χ3n) is 6.10. The highest BCUT2D eigenvalue weighted by molar-refractivity contribution is 5.93. The van der Waals surface area contributed by atoms with Gasteiger partial charge < -0.3 is 15.0 Å². The lowest BCUT2D eigenvalue weighted by atomic mass is 10.1. The molecule has 1 fully saturated rings. The fourth-order valence-electron chi connectivity index (χ4n) is 4.02. The highest BCUT2D eigenvalue weighted by atomic mass is 19.4. The molecule has 2 aromatic heterocycles. The Morgan fingerprint density at radius 3 is 2.49 bits per heavy atom. The minimum Gasteiger partial charge on any atom is -0.456 e. The number of alkyl halides is 3. The first-order valence-electron chi connectivity index (χ1n) is 11.5. The molecule has 2 atom stereocenters. The molecule has 12 heteroatoms. The van der Waals surface area contributed by atoms with Gasteiger partial charge in [0.05, 0.1) is 12.2 Å². The van der Waals surface area contributed by atoms with Gasteiger partial charge in [0, 0.05) is 38.4 Å². The number of anilines is 1. The molecule has 0 saturated carbocycles. The van der Waals surface area contributed by atoms with Crippen molar-refractivity contribution in [2.75, 3.05) is 25.0 Å². The Hall–Kier alpha value is -3.77. The number of aromatic nitrogens is 2. The first-order valence-corrected chi connectivity index (χ1v) is 11.5. The summed E-state index contributed by atoms with van der Waals surface area (Å²) in [5.41, 5.74) is 0.233. The van der Waals surface area contributed by atoms with Gasteiger partial charge in [-0.15, -0.1) is 0 Å². The van der Waals surface area contributed by atoms with Gasteiger partial charge in [0.25, 0.3) is 0 Å². The van der Waals surface area contributed by atoms with Crippen LogP contribution in [0.15, 0.2) is 65.7 Å². The number of ether oxygens (including phenoxy) is 1. The van der Waals surface area contributed by atoms with E-state index in [1.165, 1.54) is 64.7 Å². The van der Waals surface area contributed by atoms with Crippen molar-refractivity contribution in [3.8, 4) is 11.5 Å². The monoisotopic (exact) mass is 519 g/mol. The molecule has 4 rings (SSSR count). The first-order chi connectivity index (χ1) is 17.6. The van der Waals surface area contributed by atoms with Crippen molar-refractivity contribution in [3.63, 3.8) is 0 Å². The van der Waals surface area contributed by atoms with Gasteiger partial charge in [-0.05, 0) is 48.9 Å². The largest absolute Gasteiger partial charge is 0.456 e. The zero-order valence-corrected chi connectivity index (χ0v) is 19.8. The molecule has 1 saturated heterocycles. The predicted molar refractivity (Wildman–Crippen MR) is 128 cm³/mol. The minimum atomic E-state index is -4.50. The lowest BCUT2D eigenvalue weighted by Gasteiger charge is -2.43. The molecule has 1 amide bonds. The number of amides is 1. The van der Waals surface area contributed by atoms with Crippen molar-refractivity contribution in [2.24, 2.45) is 0 Å². The number of pyridine rings is 2. The van der Waals surface area contributed by atoms with Gasteiger partial charge in [-0.2, -0.15) is 13.2 Å². The Balaban J connectivity index is 1.36. The molecule has 2 N–H and O–H groups in total. The number of piperazine rings is 1. The quantitative estimate of drug-likeness (QED) is 0.462. The number of carbonyl (C=O) groups is 1. The predicted octanol–water partition coefficient (Wildman–Crippen LogP) is 3.78. The van der Waals surface area contributed by atoms with Crippen LogP contribution in [0.1, 0.15) is 12.5 Å². The minimum absolute atomic E-state index is 0.0195. The summed E-state index contributed by atoms with van der Waals surface area (Å²) in [5.74, 6) is 0.105. The van der Waals surface area contributed by atoms with E-state index in [1.807, 2.05) is 0 Å². The molecule has 1 aromatic carbocycles. The number of aromatic amines is 1. The second kappa shape index (κ2) is 11.1. The number of H-pyrrole nitrogens is 1. The fraction of sp³-hybridized carbons (Fsp3) is 0.320. The van der Waals surface area contributed by atoms with Gasteiger partial charge >= 0.3 is 6.18 Å². The molecule has 196 valence electrons. The van der Waals surface area contributed by atoms with Crippen LogP contribution in [-0.2, 0) is 11.3 Å². The standard InChI is InChI=1S/C25H25F4N5O3/c1-16(24(36)32-22-8-7-20(13-30-22)37-19-5-3-18(26)4-6-19)33-10-11-34(21(15-33)25(27,28)29)14-17-2-9-23(35)31-12-17/h2-9,12-13,16,21H,10-11,14-15H2,1H3,(H,31,35)(H,30,32,36)/t16?,21-/m0/s1. The van der Waals surface area contributed by atoms with Gasteiger partial charge in [-0.25, -0.2) is 9.37 Å². The van der Waals surface area contributed by atoms with Crippen molar-refractivity contribution >= 4 is 11.7 Å². The Morgan fingerprint density at radius 2 is 1.86 bits per heavy atom. The molecule has 8 nitrogen and oxygen atoms in total. The van der Waals surface area contributed by atoms with E-state index < -0.39 is 30.0 Å². The van der Waals surface area contributed by atoms with Crippen LogP contribution in [-0.4, -0.2) is 63.6 Å². The van der Waals surface area contributed by atoms with Crippen LogP contribution in [0.2, 0.25) is 0 Å². The Bertz CT molecular complexity index is 1240. The molecule has 1 unspecified atom stereocenters. The number of nitrogens with one attached hydrogen (secondary N) is 2. The smallest absolute Gasteiger partial charge is 0.405 e. The number of hydrogen-bond acceptors (Lipinski definition) is 6. The molecule has 1 aliphatic heterocycles. The topological polar surface area (TPSA) is 90.6 Å². The lowest BCUT2D eigenvalue weighted by molar-refractivity contribution is -0.201. The van der Waals surface area contributed by atoms with Crippen LogP contribution in [0.4, 0.5) is 23.4 Å². The second-order valence-electron chi connectivity index (χ2n) is 8.68. The summed E-state index contributed by atoms with van der Waals surface area (Å²) in [6, 6.07) is 8.66. The maximum absolute atomic E-state index is 13.9. The third kappa shape index (κ3) is 6.92. The summed E-state index contributed by atoms with van der Waals surface area (Å²) < 4.78 is 60.2. The zero-order valence-electron chi connectivity index (χ0n) is 19.8. The SMILES string of the molecule is CC(C(=O)Nc1ccc(Oc2ccc(F)cc2)cn1)N1CCN(Cc2ccc(=O)[nH]c2)[C@H](C(F)(F)F)C1. The fourth-order valence-corrected chi connectivity index (χ4v) is 4.02. The number of nitrogens with zero attached hydrogens (tertiary/aromatic N) is 3. The molecule has 0 bridgehead atoms. The van der Waals surface area contributed by atoms with Gasteiger partial charge in [-0.3, -0.25) is 19.4 Å². The van der Waals surface area contributed by atoms with Gasteiger partial charge in [0.1, 0.15) is 29.2 Å². The highest BCUT2D eigenvalue weighted by Crippen LogP contribution is 2.30. The van der Waals surface area contributed by atoms with Gasteiger partial charge in [0.2, 0.25) is 11.5 Å². The molecule has 0 radical (unpaired) electrons. The van der Waals surface area contributed by atoms with E-state index in [0.29, 0.717) is 17.1 Å². The number of carbonyl (C=O) groups excluding carboxylic acids is 1. The van der Waals surface area contributed by atoms with E-state index in [0.717, 1.165) is 0 Å². The number of halogens is 4. The van der Waals surface area contributed by atoms with Crippen LogP contribution in [0.25, 0.3) is 0 Å². The Kier molecular flexibility index (Phi) is 7.89. The average Bonchev–Trinajstić information content (AvgIpc) is 2.87. The van der Waals surface area contributed by atoms with Gasteiger partial charge in [0.15, 0.2) is 0 Å². The van der Waals surface area contributed by atoms with Crippen LogP contribution in [0, 0.1) is 5.82 Å². The molecule has 3 heterocycles. The highest BCUT2D eigenvalue weighted by Gasteiger charge is 2.47. The number of rotatable bonds is 7. The Labute approximate surface area is 209 Å². The third-order valence-corrected chi connectivity index (χ3v) is 6.10. The summed E-state index contributed by atoms with van der Waals surface area (Å²) in [6.07, 6.45) is -1.72. The first kappa shape index (κ1) is 26.3. The van der Waals surface area contributed by atoms with E-state index in [4.69, 9.17) is 4.74 Å². The van der Waals surface area contributed by atoms with Crippen LogP contribution < -0.4 is 15.6 Å².